The van der Waals surface area contributed by atoms with E-state index in [1.54, 1.807) is 38.1 Å². The summed E-state index contributed by atoms with van der Waals surface area (Å²) in [6, 6.07) is 16.5. The highest BCUT2D eigenvalue weighted by Crippen LogP contribution is 2.23. The van der Waals surface area contributed by atoms with E-state index in [4.69, 9.17) is 9.47 Å². The SMILES string of the molecule is Cc1ccccc1OCCOc1ccc(/C=C(/C#N)C(=O)Nc2nnc(S(=O)(=O)CC(C)C)s2)cc1. The van der Waals surface area contributed by atoms with Gasteiger partial charge in [0.25, 0.3) is 5.91 Å². The number of amides is 1. The van der Waals surface area contributed by atoms with Gasteiger partial charge in [-0.15, -0.1) is 10.2 Å². The fourth-order valence-electron chi connectivity index (χ4n) is 3.07. The molecule has 0 spiro atoms. The van der Waals surface area contributed by atoms with E-state index in [0.717, 1.165) is 22.6 Å². The lowest BCUT2D eigenvalue weighted by atomic mass is 10.1. The summed E-state index contributed by atoms with van der Waals surface area (Å²) < 4.78 is 35.8. The molecule has 188 valence electrons. The standard InChI is InChI=1S/C25H26N4O5S2/c1-17(2)16-36(31,32)25-29-28-24(35-25)27-23(30)20(15-26)14-19-8-10-21(11-9-19)33-12-13-34-22-7-5-4-6-18(22)3/h4-11,14,17H,12-13,16H2,1-3H3,(H,27,28,30)/b20-14-. The Bertz CT molecular complexity index is 1370. The molecule has 0 atom stereocenters. The van der Waals surface area contributed by atoms with Gasteiger partial charge in [0.2, 0.25) is 19.3 Å². The first kappa shape index (κ1) is 26.8. The van der Waals surface area contributed by atoms with E-state index < -0.39 is 15.7 Å². The molecule has 3 aromatic rings. The van der Waals surface area contributed by atoms with E-state index in [2.05, 4.69) is 15.5 Å². The van der Waals surface area contributed by atoms with Gasteiger partial charge in [-0.25, -0.2) is 8.42 Å². The minimum Gasteiger partial charge on any atom is -0.490 e. The largest absolute Gasteiger partial charge is 0.490 e. The van der Waals surface area contributed by atoms with E-state index in [9.17, 15) is 18.5 Å². The maximum atomic E-state index is 12.5. The molecule has 0 bridgehead atoms. The number of aryl methyl sites for hydroxylation is 1. The second-order valence-electron chi connectivity index (χ2n) is 8.20. The number of rotatable bonds is 11. The van der Waals surface area contributed by atoms with E-state index in [1.807, 2.05) is 37.3 Å². The topological polar surface area (TPSA) is 131 Å². The summed E-state index contributed by atoms with van der Waals surface area (Å²) in [4.78, 5) is 12.5. The van der Waals surface area contributed by atoms with E-state index in [-0.39, 0.29) is 26.7 Å². The molecular formula is C25H26N4O5S2. The highest BCUT2D eigenvalue weighted by molar-refractivity contribution is 7.93. The fraction of sp³-hybridized carbons (Fsp3) is 0.280. The summed E-state index contributed by atoms with van der Waals surface area (Å²) in [5.74, 6) is 0.570. The van der Waals surface area contributed by atoms with Crippen molar-refractivity contribution in [3.8, 4) is 17.6 Å². The van der Waals surface area contributed by atoms with Crippen LogP contribution in [0.3, 0.4) is 0 Å². The number of hydrogen-bond acceptors (Lipinski definition) is 9. The minimum absolute atomic E-state index is 0.000134. The zero-order valence-corrected chi connectivity index (χ0v) is 21.7. The van der Waals surface area contributed by atoms with E-state index >= 15 is 0 Å². The van der Waals surface area contributed by atoms with Crippen LogP contribution in [0.2, 0.25) is 0 Å². The predicted octanol–water partition coefficient (Wildman–Crippen LogP) is 4.28. The number of benzene rings is 2. The first-order valence-electron chi connectivity index (χ1n) is 11.1. The second-order valence-corrected chi connectivity index (χ2v) is 11.4. The average molecular weight is 527 g/mol. The van der Waals surface area contributed by atoms with Crippen LogP contribution in [0.1, 0.15) is 25.0 Å². The smallest absolute Gasteiger partial charge is 0.268 e. The Balaban J connectivity index is 1.56. The van der Waals surface area contributed by atoms with Crippen LogP contribution in [-0.4, -0.2) is 43.5 Å². The molecule has 0 radical (unpaired) electrons. The number of para-hydroxylation sites is 1. The average Bonchev–Trinajstić information content (AvgIpc) is 3.31. The van der Waals surface area contributed by atoms with Crippen LogP contribution in [0.15, 0.2) is 58.4 Å². The Morgan fingerprint density at radius 1 is 1.11 bits per heavy atom. The Morgan fingerprint density at radius 3 is 2.47 bits per heavy atom. The number of ether oxygens (including phenoxy) is 2. The van der Waals surface area contributed by atoms with Crippen molar-refractivity contribution in [2.45, 2.75) is 25.1 Å². The minimum atomic E-state index is -3.58. The molecule has 1 amide bonds. The summed E-state index contributed by atoms with van der Waals surface area (Å²) in [5.41, 5.74) is 1.49. The van der Waals surface area contributed by atoms with Crippen LogP contribution >= 0.6 is 11.3 Å². The molecule has 9 nitrogen and oxygen atoms in total. The molecule has 1 heterocycles. The Morgan fingerprint density at radius 2 is 1.81 bits per heavy atom. The van der Waals surface area contributed by atoms with Crippen LogP contribution in [0.25, 0.3) is 6.08 Å². The van der Waals surface area contributed by atoms with Gasteiger partial charge >= 0.3 is 0 Å². The fourth-order valence-corrected chi connectivity index (χ4v) is 5.67. The molecule has 0 unspecified atom stereocenters. The lowest BCUT2D eigenvalue weighted by Gasteiger charge is -2.10. The summed E-state index contributed by atoms with van der Waals surface area (Å²) in [6.45, 7) is 6.28. The number of sulfone groups is 1. The van der Waals surface area contributed by atoms with Crippen LogP contribution in [0.4, 0.5) is 5.13 Å². The first-order chi connectivity index (χ1) is 17.2. The van der Waals surface area contributed by atoms with Gasteiger partial charge in [0.05, 0.1) is 5.75 Å². The first-order valence-corrected chi connectivity index (χ1v) is 13.6. The molecule has 11 heteroatoms. The van der Waals surface area contributed by atoms with Gasteiger partial charge in [-0.2, -0.15) is 5.26 Å². The Kier molecular flexibility index (Phi) is 9.16. The summed E-state index contributed by atoms with van der Waals surface area (Å²) in [6.07, 6.45) is 1.41. The van der Waals surface area contributed by atoms with Crippen molar-refractivity contribution in [3.05, 3.63) is 65.2 Å². The normalized spacial score (nSPS) is 11.7. The second kappa shape index (κ2) is 12.3. The molecule has 1 aromatic heterocycles. The number of carbonyl (C=O) groups is 1. The maximum Gasteiger partial charge on any atom is 0.268 e. The Labute approximate surface area is 214 Å². The van der Waals surface area contributed by atoms with Gasteiger partial charge in [0.1, 0.15) is 36.4 Å². The van der Waals surface area contributed by atoms with Gasteiger partial charge in [0, 0.05) is 0 Å². The zero-order valence-electron chi connectivity index (χ0n) is 20.1. The van der Waals surface area contributed by atoms with Crippen molar-refractivity contribution in [1.82, 2.24) is 10.2 Å². The van der Waals surface area contributed by atoms with Crippen molar-refractivity contribution in [3.63, 3.8) is 0 Å². The third kappa shape index (κ3) is 7.63. The van der Waals surface area contributed by atoms with Crippen molar-refractivity contribution < 1.29 is 22.7 Å². The Hall–Kier alpha value is -3.75. The number of anilines is 1. The molecule has 3 rings (SSSR count). The molecule has 1 N–H and O–H groups in total. The summed E-state index contributed by atoms with van der Waals surface area (Å²) >= 11 is 0.749. The lowest BCUT2D eigenvalue weighted by molar-refractivity contribution is -0.112. The van der Waals surface area contributed by atoms with Crippen molar-refractivity contribution >= 4 is 38.3 Å². The van der Waals surface area contributed by atoms with Gasteiger partial charge < -0.3 is 9.47 Å². The van der Waals surface area contributed by atoms with Gasteiger partial charge in [-0.05, 0) is 48.2 Å². The zero-order chi connectivity index (χ0) is 26.1. The number of nitriles is 1. The van der Waals surface area contributed by atoms with Crippen LogP contribution in [0.5, 0.6) is 11.5 Å². The summed E-state index contributed by atoms with van der Waals surface area (Å²) in [5, 5.41) is 19.3. The number of hydrogen-bond donors (Lipinski definition) is 1. The van der Waals surface area contributed by atoms with Crippen molar-refractivity contribution in [2.24, 2.45) is 5.92 Å². The van der Waals surface area contributed by atoms with Gasteiger partial charge in [-0.3, -0.25) is 10.1 Å². The predicted molar refractivity (Wildman–Crippen MR) is 138 cm³/mol. The molecule has 2 aromatic carbocycles. The number of nitrogens with zero attached hydrogens (tertiary/aromatic N) is 3. The molecule has 0 aliphatic rings. The third-order valence-electron chi connectivity index (χ3n) is 4.71. The molecular weight excluding hydrogens is 500 g/mol. The third-order valence-corrected chi connectivity index (χ3v) is 8.07. The van der Waals surface area contributed by atoms with Gasteiger partial charge in [0.15, 0.2) is 0 Å². The molecule has 0 aliphatic carbocycles. The highest BCUT2D eigenvalue weighted by Gasteiger charge is 2.22. The molecule has 0 saturated carbocycles. The quantitative estimate of drug-likeness (QED) is 0.169. The number of carbonyl (C=O) groups excluding carboxylic acids is 1. The summed E-state index contributed by atoms with van der Waals surface area (Å²) in [7, 11) is -3.58. The molecule has 0 fully saturated rings. The molecule has 0 aliphatic heterocycles. The van der Waals surface area contributed by atoms with E-state index in [0.29, 0.717) is 24.5 Å². The van der Waals surface area contributed by atoms with Crippen molar-refractivity contribution in [1.29, 1.82) is 5.26 Å². The monoisotopic (exact) mass is 526 g/mol. The number of nitrogens with one attached hydrogen (secondary N) is 1. The van der Waals surface area contributed by atoms with Gasteiger partial charge in [-0.1, -0.05) is 55.5 Å². The molecule has 0 saturated heterocycles. The van der Waals surface area contributed by atoms with Crippen molar-refractivity contribution in [2.75, 3.05) is 24.3 Å². The van der Waals surface area contributed by atoms with Crippen LogP contribution in [0, 0.1) is 24.2 Å². The van der Waals surface area contributed by atoms with E-state index in [1.165, 1.54) is 6.08 Å². The molecule has 36 heavy (non-hydrogen) atoms. The highest BCUT2D eigenvalue weighted by atomic mass is 32.2. The van der Waals surface area contributed by atoms with Crippen LogP contribution in [-0.2, 0) is 14.6 Å². The lowest BCUT2D eigenvalue weighted by Crippen LogP contribution is -2.13. The van der Waals surface area contributed by atoms with Crippen LogP contribution < -0.4 is 14.8 Å². The maximum absolute atomic E-state index is 12.5. The number of aromatic nitrogens is 2.